The smallest absolute Gasteiger partial charge is 0.126 e. The van der Waals surface area contributed by atoms with E-state index < -0.39 is 0 Å². The fourth-order valence-corrected chi connectivity index (χ4v) is 3.48. The van der Waals surface area contributed by atoms with E-state index in [1.54, 1.807) is 29.2 Å². The maximum atomic E-state index is 9.70. The van der Waals surface area contributed by atoms with Gasteiger partial charge in [0, 0.05) is 25.3 Å². The third-order valence-electron chi connectivity index (χ3n) is 1.83. The molecule has 1 aromatic heterocycles. The van der Waals surface area contributed by atoms with Crippen molar-refractivity contribution < 1.29 is 5.11 Å². The van der Waals surface area contributed by atoms with Crippen LogP contribution >= 0.6 is 35.7 Å². The number of hydrogen-bond donors (Lipinski definition) is 2. The van der Waals surface area contributed by atoms with Crippen LogP contribution in [0.2, 0.25) is 0 Å². The van der Waals surface area contributed by atoms with Gasteiger partial charge in [-0.1, -0.05) is 0 Å². The van der Waals surface area contributed by atoms with Gasteiger partial charge >= 0.3 is 0 Å². The first-order valence-electron chi connectivity index (χ1n) is 3.69. The zero-order chi connectivity index (χ0) is 9.42. The van der Waals surface area contributed by atoms with Crippen LogP contribution in [0.3, 0.4) is 0 Å². The summed E-state index contributed by atoms with van der Waals surface area (Å²) in [6.45, 7) is 0. The number of aromatic hydroxyl groups is 1. The van der Waals surface area contributed by atoms with Crippen LogP contribution in [0.1, 0.15) is 0 Å². The summed E-state index contributed by atoms with van der Waals surface area (Å²) in [6, 6.07) is 3.65. The van der Waals surface area contributed by atoms with Gasteiger partial charge in [-0.3, -0.25) is 0 Å². The molecule has 1 N–H and O–H groups in total. The molecule has 0 aliphatic rings. The van der Waals surface area contributed by atoms with Gasteiger partial charge in [-0.2, -0.15) is 0 Å². The number of phenolic OH excluding ortho intramolecular Hbond substituents is 1. The normalized spacial score (nSPS) is 10.9. The molecule has 4 heteroatoms. The molecule has 2 rings (SSSR count). The zero-order valence-electron chi connectivity index (χ0n) is 6.94. The minimum atomic E-state index is 0.327. The molecule has 0 unspecified atom stereocenters. The third-order valence-corrected chi connectivity index (χ3v) is 3.92. The van der Waals surface area contributed by atoms with Gasteiger partial charge in [0.2, 0.25) is 0 Å². The van der Waals surface area contributed by atoms with E-state index in [0.29, 0.717) is 5.75 Å². The molecule has 1 nitrogen and oxygen atoms in total. The molecule has 2 aromatic rings. The molecule has 13 heavy (non-hydrogen) atoms. The average Bonchev–Trinajstić information content (AvgIpc) is 2.47. The minimum absolute atomic E-state index is 0.327. The first kappa shape index (κ1) is 9.24. The maximum Gasteiger partial charge on any atom is 0.126 e. The van der Waals surface area contributed by atoms with Gasteiger partial charge in [0.05, 0.1) is 0 Å². The molecular weight excluding hydrogens is 220 g/mol. The van der Waals surface area contributed by atoms with Crippen LogP contribution in [0, 0.1) is 0 Å². The Bertz CT molecular complexity index is 447. The number of rotatable bonds is 1. The monoisotopic (exact) mass is 228 g/mol. The van der Waals surface area contributed by atoms with Gasteiger partial charge in [0.1, 0.15) is 5.75 Å². The predicted molar refractivity (Wildman–Crippen MR) is 62.5 cm³/mol. The van der Waals surface area contributed by atoms with Crippen molar-refractivity contribution in [1.29, 1.82) is 0 Å². The number of hydrogen-bond acceptors (Lipinski definition) is 4. The standard InChI is InChI=1S/C9H8OS3/c1-12-8-4-13-7-3-5(11)2-6(10)9(7)8/h2-4,10-11H,1H3. The summed E-state index contributed by atoms with van der Waals surface area (Å²) in [5.41, 5.74) is 0. The number of benzene rings is 1. The fourth-order valence-electron chi connectivity index (χ4n) is 1.25. The lowest BCUT2D eigenvalue weighted by atomic mass is 10.2. The van der Waals surface area contributed by atoms with Gasteiger partial charge in [0.25, 0.3) is 0 Å². The Hall–Kier alpha value is -0.320. The molecule has 0 fully saturated rings. The van der Waals surface area contributed by atoms with Crippen molar-refractivity contribution >= 4 is 45.8 Å². The molecule has 0 radical (unpaired) electrons. The Labute approximate surface area is 90.2 Å². The lowest BCUT2D eigenvalue weighted by Crippen LogP contribution is -1.71. The largest absolute Gasteiger partial charge is 0.507 e. The Morgan fingerprint density at radius 3 is 2.92 bits per heavy atom. The molecule has 0 bridgehead atoms. The molecule has 0 atom stereocenters. The molecule has 0 aliphatic carbocycles. The van der Waals surface area contributed by atoms with Gasteiger partial charge in [-0.05, 0) is 18.4 Å². The van der Waals surface area contributed by atoms with Crippen molar-refractivity contribution in [2.45, 2.75) is 9.79 Å². The fraction of sp³-hybridized carbons (Fsp3) is 0.111. The van der Waals surface area contributed by atoms with Crippen LogP contribution in [0.5, 0.6) is 5.75 Å². The highest BCUT2D eigenvalue weighted by atomic mass is 32.2. The molecule has 1 heterocycles. The van der Waals surface area contributed by atoms with E-state index in [1.807, 2.05) is 12.3 Å². The van der Waals surface area contributed by atoms with Crippen molar-refractivity contribution in [3.63, 3.8) is 0 Å². The summed E-state index contributed by atoms with van der Waals surface area (Å²) in [5, 5.41) is 12.7. The van der Waals surface area contributed by atoms with E-state index in [9.17, 15) is 5.11 Å². The molecule has 1 aromatic carbocycles. The van der Waals surface area contributed by atoms with Crippen LogP contribution < -0.4 is 0 Å². The van der Waals surface area contributed by atoms with E-state index >= 15 is 0 Å². The van der Waals surface area contributed by atoms with E-state index in [1.165, 1.54) is 0 Å². The first-order chi connectivity index (χ1) is 6.22. The Kier molecular flexibility index (Phi) is 2.45. The number of phenols is 1. The number of fused-ring (bicyclic) bond motifs is 1. The Morgan fingerprint density at radius 1 is 1.46 bits per heavy atom. The third kappa shape index (κ3) is 1.54. The second kappa shape index (κ2) is 3.44. The second-order valence-corrected chi connectivity index (χ2v) is 4.92. The SMILES string of the molecule is CSc1csc2cc(S)cc(O)c12. The summed E-state index contributed by atoms with van der Waals surface area (Å²) in [7, 11) is 0. The topological polar surface area (TPSA) is 20.2 Å². The number of thiol groups is 1. The molecule has 68 valence electrons. The first-order valence-corrected chi connectivity index (χ1v) is 6.24. The molecular formula is C9H8OS3. The lowest BCUT2D eigenvalue weighted by Gasteiger charge is -1.99. The molecule has 0 spiro atoms. The number of thiophene rings is 1. The Morgan fingerprint density at radius 2 is 2.23 bits per heavy atom. The Balaban J connectivity index is 2.82. The number of thioether (sulfide) groups is 1. The lowest BCUT2D eigenvalue weighted by molar-refractivity contribution is 0.480. The van der Waals surface area contributed by atoms with Crippen molar-refractivity contribution in [1.82, 2.24) is 0 Å². The highest BCUT2D eigenvalue weighted by molar-refractivity contribution is 7.99. The molecule has 0 aliphatic heterocycles. The maximum absolute atomic E-state index is 9.70. The molecule has 0 saturated heterocycles. The summed E-state index contributed by atoms with van der Waals surface area (Å²) in [4.78, 5) is 1.94. The van der Waals surface area contributed by atoms with Crippen molar-refractivity contribution in [2.75, 3.05) is 6.26 Å². The minimum Gasteiger partial charge on any atom is -0.507 e. The molecule has 0 amide bonds. The van der Waals surface area contributed by atoms with Gasteiger partial charge in [-0.15, -0.1) is 35.7 Å². The van der Waals surface area contributed by atoms with Crippen molar-refractivity contribution in [3.05, 3.63) is 17.5 Å². The predicted octanol–water partition coefficient (Wildman–Crippen LogP) is 3.62. The summed E-state index contributed by atoms with van der Waals surface area (Å²) in [5.74, 6) is 0.327. The summed E-state index contributed by atoms with van der Waals surface area (Å²) < 4.78 is 1.09. The van der Waals surface area contributed by atoms with Crippen molar-refractivity contribution in [3.8, 4) is 5.75 Å². The average molecular weight is 228 g/mol. The highest BCUT2D eigenvalue weighted by Gasteiger charge is 2.08. The zero-order valence-corrected chi connectivity index (χ0v) is 9.47. The van der Waals surface area contributed by atoms with E-state index in [2.05, 4.69) is 18.0 Å². The van der Waals surface area contributed by atoms with Crippen LogP contribution in [0.4, 0.5) is 0 Å². The van der Waals surface area contributed by atoms with E-state index in [-0.39, 0.29) is 0 Å². The van der Waals surface area contributed by atoms with E-state index in [4.69, 9.17) is 0 Å². The molecule has 0 saturated carbocycles. The quantitative estimate of drug-likeness (QED) is 0.574. The van der Waals surface area contributed by atoms with Gasteiger partial charge < -0.3 is 5.11 Å². The van der Waals surface area contributed by atoms with Crippen LogP contribution in [-0.4, -0.2) is 11.4 Å². The summed E-state index contributed by atoms with van der Waals surface area (Å²) >= 11 is 7.50. The van der Waals surface area contributed by atoms with E-state index in [0.717, 1.165) is 19.9 Å². The second-order valence-electron chi connectivity index (χ2n) is 2.64. The van der Waals surface area contributed by atoms with Gasteiger partial charge in [0.15, 0.2) is 0 Å². The van der Waals surface area contributed by atoms with Gasteiger partial charge in [-0.25, -0.2) is 0 Å². The van der Waals surface area contributed by atoms with Crippen LogP contribution in [-0.2, 0) is 0 Å². The van der Waals surface area contributed by atoms with Crippen LogP contribution in [0.15, 0.2) is 27.3 Å². The van der Waals surface area contributed by atoms with Crippen molar-refractivity contribution in [2.24, 2.45) is 0 Å². The van der Waals surface area contributed by atoms with Crippen LogP contribution in [0.25, 0.3) is 10.1 Å². The highest BCUT2D eigenvalue weighted by Crippen LogP contribution is 2.39. The summed E-state index contributed by atoms with van der Waals surface area (Å²) in [6.07, 6.45) is 2.01.